The molecule has 1 fully saturated rings. The predicted molar refractivity (Wildman–Crippen MR) is 155 cm³/mol. The maximum Gasteiger partial charge on any atom is 0.192 e. The molecule has 4 rings (SSSR count). The third-order valence-electron chi connectivity index (χ3n) is 9.32. The first-order valence-corrected chi connectivity index (χ1v) is 19.6. The van der Waals surface area contributed by atoms with Crippen molar-refractivity contribution in [2.75, 3.05) is 7.11 Å². The first-order valence-electron chi connectivity index (χ1n) is 13.4. The highest BCUT2D eigenvalue weighted by molar-refractivity contribution is 6.74. The fourth-order valence-electron chi connectivity index (χ4n) is 5.20. The van der Waals surface area contributed by atoms with Gasteiger partial charge in [0, 0.05) is 13.0 Å². The average molecular weight is 565 g/mol. The molecule has 7 nitrogen and oxygen atoms in total. The van der Waals surface area contributed by atoms with Crippen LogP contribution in [0.3, 0.4) is 0 Å². The number of nitrogens with zero attached hydrogens (tertiary/aromatic N) is 4. The van der Waals surface area contributed by atoms with Crippen molar-refractivity contribution in [1.82, 2.24) is 19.5 Å². The first-order chi connectivity index (χ1) is 17.0. The Kier molecular flexibility index (Phi) is 7.67. The van der Waals surface area contributed by atoms with Gasteiger partial charge >= 0.3 is 0 Å². The maximum atomic E-state index is 7.22. The zero-order chi connectivity index (χ0) is 27.6. The number of rotatable bonds is 6. The van der Waals surface area contributed by atoms with E-state index >= 15 is 0 Å². The molecule has 0 aliphatic heterocycles. The number of ether oxygens (including phenoxy) is 1. The molecule has 2 aromatic rings. The molecular formula is C27H45ClN4O3Si2. The fraction of sp³-hybridized carbons (Fsp3) is 0.741. The molecule has 2 heterocycles. The van der Waals surface area contributed by atoms with Crippen LogP contribution in [0.25, 0.3) is 11.2 Å². The van der Waals surface area contributed by atoms with Crippen LogP contribution in [-0.4, -0.2) is 61.6 Å². The van der Waals surface area contributed by atoms with Gasteiger partial charge in [-0.2, -0.15) is 0 Å². The Morgan fingerprint density at radius 1 is 0.919 bits per heavy atom. The molecule has 0 bridgehead atoms. The Labute approximate surface area is 229 Å². The van der Waals surface area contributed by atoms with Gasteiger partial charge in [0.25, 0.3) is 0 Å². The number of aromatic nitrogens is 4. The van der Waals surface area contributed by atoms with Gasteiger partial charge in [-0.25, -0.2) is 15.0 Å². The Morgan fingerprint density at radius 3 is 2.14 bits per heavy atom. The lowest BCUT2D eigenvalue weighted by atomic mass is 9.85. The van der Waals surface area contributed by atoms with Gasteiger partial charge in [-0.1, -0.05) is 59.2 Å². The van der Waals surface area contributed by atoms with Crippen molar-refractivity contribution in [2.45, 2.75) is 115 Å². The third kappa shape index (κ3) is 5.12. The summed E-state index contributed by atoms with van der Waals surface area (Å²) in [5, 5.41) is 0.540. The maximum absolute atomic E-state index is 7.22. The molecule has 0 amide bonds. The highest BCUT2D eigenvalue weighted by Gasteiger charge is 2.57. The van der Waals surface area contributed by atoms with Crippen molar-refractivity contribution in [2.24, 2.45) is 5.92 Å². The van der Waals surface area contributed by atoms with Crippen LogP contribution in [0, 0.1) is 5.92 Å². The quantitative estimate of drug-likeness (QED) is 0.210. The molecule has 2 unspecified atom stereocenters. The minimum Gasteiger partial charge on any atom is -0.413 e. The number of allylic oxidation sites excluding steroid dienone is 1. The first kappa shape index (κ1) is 28.9. The van der Waals surface area contributed by atoms with E-state index in [1.54, 1.807) is 0 Å². The van der Waals surface area contributed by atoms with E-state index in [1.165, 1.54) is 11.9 Å². The van der Waals surface area contributed by atoms with Gasteiger partial charge in [-0.3, -0.25) is 0 Å². The molecular weight excluding hydrogens is 520 g/mol. The topological polar surface area (TPSA) is 71.3 Å². The van der Waals surface area contributed by atoms with E-state index < -0.39 is 16.6 Å². The van der Waals surface area contributed by atoms with E-state index in [2.05, 4.69) is 93.3 Å². The summed E-state index contributed by atoms with van der Waals surface area (Å²) in [5.74, 6) is 0.0994. The second-order valence-electron chi connectivity index (χ2n) is 13.7. The molecule has 0 N–H and O–H groups in total. The van der Waals surface area contributed by atoms with E-state index in [4.69, 9.17) is 25.2 Å². The third-order valence-corrected chi connectivity index (χ3v) is 18.6. The van der Waals surface area contributed by atoms with Gasteiger partial charge < -0.3 is 18.2 Å². The highest BCUT2D eigenvalue weighted by atomic mass is 35.5. The van der Waals surface area contributed by atoms with Gasteiger partial charge in [-0.05, 0) is 54.7 Å². The molecule has 0 radical (unpaired) electrons. The summed E-state index contributed by atoms with van der Waals surface area (Å²) >= 11 is 6.41. The monoisotopic (exact) mass is 564 g/mol. The molecule has 10 heteroatoms. The van der Waals surface area contributed by atoms with Gasteiger partial charge in [-0.15, -0.1) is 0 Å². The van der Waals surface area contributed by atoms with Gasteiger partial charge in [0.05, 0.1) is 30.7 Å². The Morgan fingerprint density at radius 2 is 1.54 bits per heavy atom. The van der Waals surface area contributed by atoms with Gasteiger partial charge in [0.1, 0.15) is 11.8 Å². The van der Waals surface area contributed by atoms with Crippen LogP contribution in [0.2, 0.25) is 41.4 Å². The van der Waals surface area contributed by atoms with E-state index in [1.807, 2.05) is 13.4 Å². The molecule has 2 aromatic heterocycles. The lowest BCUT2D eigenvalue weighted by molar-refractivity contribution is -0.0426. The minimum absolute atomic E-state index is 0.0531. The summed E-state index contributed by atoms with van der Waals surface area (Å²) < 4.78 is 22.8. The lowest BCUT2D eigenvalue weighted by Gasteiger charge is -2.43. The molecule has 0 aromatic carbocycles. The number of hydrogen-bond acceptors (Lipinski definition) is 6. The molecule has 206 valence electrons. The van der Waals surface area contributed by atoms with Crippen molar-refractivity contribution < 1.29 is 13.6 Å². The lowest BCUT2D eigenvalue weighted by Crippen LogP contribution is -2.51. The minimum atomic E-state index is -2.16. The summed E-state index contributed by atoms with van der Waals surface area (Å²) in [5.41, 5.74) is 2.63. The Hall–Kier alpha value is -1.11. The van der Waals surface area contributed by atoms with E-state index in [0.29, 0.717) is 10.7 Å². The van der Waals surface area contributed by atoms with Crippen LogP contribution >= 0.6 is 11.6 Å². The summed E-state index contributed by atoms with van der Waals surface area (Å²) in [6.07, 6.45) is 7.42. The van der Waals surface area contributed by atoms with Gasteiger partial charge in [0.15, 0.2) is 27.4 Å². The molecule has 2 aliphatic rings. The predicted octanol–water partition coefficient (Wildman–Crippen LogP) is 7.17. The van der Waals surface area contributed by atoms with Crippen molar-refractivity contribution in [3.63, 3.8) is 0 Å². The largest absolute Gasteiger partial charge is 0.413 e. The number of fused-ring (bicyclic) bond motifs is 2. The zero-order valence-corrected chi connectivity index (χ0v) is 27.2. The van der Waals surface area contributed by atoms with E-state index in [-0.39, 0.29) is 40.3 Å². The molecule has 0 saturated heterocycles. The van der Waals surface area contributed by atoms with Crippen molar-refractivity contribution >= 4 is 39.4 Å². The van der Waals surface area contributed by atoms with Crippen LogP contribution in [0.1, 0.15) is 60.4 Å². The number of hydrogen-bond donors (Lipinski definition) is 0. The van der Waals surface area contributed by atoms with E-state index in [9.17, 15) is 0 Å². The van der Waals surface area contributed by atoms with Crippen molar-refractivity contribution in [1.29, 1.82) is 0 Å². The molecule has 2 aliphatic carbocycles. The number of methoxy groups -OCH3 is 1. The highest BCUT2D eigenvalue weighted by Crippen LogP contribution is 2.53. The normalized spacial score (nSPS) is 27.5. The van der Waals surface area contributed by atoms with E-state index in [0.717, 1.165) is 18.5 Å². The average Bonchev–Trinajstić information content (AvgIpc) is 3.31. The Bertz CT molecular complexity index is 1170. The molecule has 37 heavy (non-hydrogen) atoms. The molecule has 5 atom stereocenters. The molecule has 1 saturated carbocycles. The number of imidazole rings is 1. The summed E-state index contributed by atoms with van der Waals surface area (Å²) in [7, 11) is -2.35. The van der Waals surface area contributed by atoms with Crippen LogP contribution in [0.5, 0.6) is 0 Å². The van der Waals surface area contributed by atoms with Crippen LogP contribution in [0.4, 0.5) is 0 Å². The van der Waals surface area contributed by atoms with Crippen LogP contribution < -0.4 is 0 Å². The fourth-order valence-corrected chi connectivity index (χ4v) is 8.05. The second-order valence-corrected chi connectivity index (χ2v) is 23.6. The van der Waals surface area contributed by atoms with Crippen molar-refractivity contribution in [3.05, 3.63) is 29.5 Å². The number of halogens is 1. The van der Waals surface area contributed by atoms with Crippen LogP contribution in [0.15, 0.2) is 24.3 Å². The zero-order valence-electron chi connectivity index (χ0n) is 24.4. The summed E-state index contributed by atoms with van der Waals surface area (Å²) in [4.78, 5) is 13.4. The SMILES string of the molecule is CO[C@H]1C(O[Si](C)(C)C(C)(C)C)[C@H](n2cnc3c(Cl)ncnc32)C2=CCCC(O[Si](C)(C)C(C)(C)C)[C@@H]21. The van der Waals surface area contributed by atoms with Crippen LogP contribution in [-0.2, 0) is 13.6 Å². The smallest absolute Gasteiger partial charge is 0.192 e. The Balaban J connectivity index is 1.85. The van der Waals surface area contributed by atoms with Crippen molar-refractivity contribution in [3.8, 4) is 0 Å². The standard InChI is InChI=1S/C27H45ClN4O3Si2/c1-26(2,3)36(8,9)34-18-14-12-13-17-19(18)22(33-7)23(35-37(10,11)27(4,5)6)21(17)32-16-31-20-24(28)29-15-30-25(20)32/h13,15-16,18-19,21-23H,12,14H2,1-11H3/t18?,19-,21-,22-,23?/m1/s1. The van der Waals surface area contributed by atoms with Gasteiger partial charge in [0.2, 0.25) is 0 Å². The second kappa shape index (κ2) is 9.82. The molecule has 0 spiro atoms. The summed E-state index contributed by atoms with van der Waals surface area (Å²) in [6.45, 7) is 23.0. The summed E-state index contributed by atoms with van der Waals surface area (Å²) in [6, 6.07) is -0.106.